The Bertz CT molecular complexity index is 1140. The van der Waals surface area contributed by atoms with E-state index >= 15 is 0 Å². The Morgan fingerprint density at radius 3 is 2.34 bits per heavy atom. The number of carboxylic acid groups (broad SMARTS) is 1. The molecule has 7 heteroatoms. The van der Waals surface area contributed by atoms with Crippen LogP contribution in [0.15, 0.2) is 66.5 Å². The highest BCUT2D eigenvalue weighted by Gasteiger charge is 2.11. The van der Waals surface area contributed by atoms with Gasteiger partial charge in [0.05, 0.1) is 22.4 Å². The number of rotatable bonds is 6. The molecule has 0 aliphatic heterocycles. The number of allylic oxidation sites excluding steroid dienone is 3. The van der Waals surface area contributed by atoms with Crippen LogP contribution in [0.25, 0.3) is 11.0 Å². The van der Waals surface area contributed by atoms with E-state index in [4.69, 9.17) is 9.84 Å². The summed E-state index contributed by atoms with van der Waals surface area (Å²) in [7, 11) is 0. The van der Waals surface area contributed by atoms with Gasteiger partial charge in [-0.3, -0.25) is 0 Å². The molecule has 0 amide bonds. The molecule has 0 aliphatic carbocycles. The third kappa shape index (κ3) is 10.3. The minimum atomic E-state index is -0.966. The van der Waals surface area contributed by atoms with Crippen molar-refractivity contribution < 1.29 is 23.4 Å². The first-order valence-corrected chi connectivity index (χ1v) is 10.9. The first-order chi connectivity index (χ1) is 16.7. The Kier molecular flexibility index (Phi) is 14.8. The molecule has 35 heavy (non-hydrogen) atoms. The molecule has 1 N–H and O–H groups in total. The first kappa shape index (κ1) is 31.1. The minimum absolute atomic E-state index is 0.181. The number of fused-ring (bicyclic) bond motifs is 1. The SMILES string of the molecule is C#C.C/C(F)=C(/C)CF.C=CC.CCn1c(COc2cccc(C(=O)O)c2)nc2cc(C)ccc21. The zero-order valence-electron chi connectivity index (χ0n) is 21.0. The standard InChI is InChI=1S/C18H18N2O3.C5H8F2.C3H6.C2H2/c1-3-20-16-8-7-12(2)9-15(16)19-17(20)11-23-14-6-4-5-13(10-14)18(21)22;1-4(3-6)5(2)7;1-3-2;1-2/h4-10H,3,11H2,1-2H3,(H,21,22);3H2,1-2H3;3H,1H2,2H3;1-2H/b;5-4+;;. The highest BCUT2D eigenvalue weighted by molar-refractivity contribution is 5.88. The lowest BCUT2D eigenvalue weighted by Gasteiger charge is -2.08. The van der Waals surface area contributed by atoms with Gasteiger partial charge in [-0.1, -0.05) is 18.2 Å². The maximum absolute atomic E-state index is 11.7. The van der Waals surface area contributed by atoms with Crippen molar-refractivity contribution >= 4 is 17.0 Å². The molecule has 2 aromatic carbocycles. The molecule has 3 rings (SSSR count). The van der Waals surface area contributed by atoms with Crippen molar-refractivity contribution in [3.05, 3.63) is 83.5 Å². The second-order valence-corrected chi connectivity index (χ2v) is 7.24. The average molecular weight is 485 g/mol. The number of aromatic carboxylic acids is 1. The van der Waals surface area contributed by atoms with E-state index in [2.05, 4.69) is 54.1 Å². The maximum atomic E-state index is 11.7. The summed E-state index contributed by atoms with van der Waals surface area (Å²) >= 11 is 0. The molecule has 0 radical (unpaired) electrons. The van der Waals surface area contributed by atoms with Crippen LogP contribution < -0.4 is 4.74 Å². The molecule has 3 aromatic rings. The smallest absolute Gasteiger partial charge is 0.335 e. The number of nitrogens with zero attached hydrogens (tertiary/aromatic N) is 2. The van der Waals surface area contributed by atoms with Gasteiger partial charge in [0.1, 0.15) is 24.9 Å². The number of benzene rings is 2. The van der Waals surface area contributed by atoms with Gasteiger partial charge in [-0.05, 0) is 76.1 Å². The van der Waals surface area contributed by atoms with Crippen molar-refractivity contribution in [2.75, 3.05) is 6.67 Å². The number of imidazole rings is 1. The molecule has 0 fully saturated rings. The molecule has 0 saturated heterocycles. The molecule has 0 atom stereocenters. The number of terminal acetylenes is 1. The number of aryl methyl sites for hydroxylation is 2. The highest BCUT2D eigenvalue weighted by atomic mass is 19.1. The Morgan fingerprint density at radius 2 is 1.86 bits per heavy atom. The number of carboxylic acids is 1. The van der Waals surface area contributed by atoms with Gasteiger partial charge in [-0.2, -0.15) is 0 Å². The minimum Gasteiger partial charge on any atom is -0.486 e. The Hall–Kier alpha value is -3.92. The van der Waals surface area contributed by atoms with Crippen LogP contribution in [0.5, 0.6) is 5.75 Å². The van der Waals surface area contributed by atoms with E-state index in [1.165, 1.54) is 25.5 Å². The third-order valence-electron chi connectivity index (χ3n) is 4.54. The lowest BCUT2D eigenvalue weighted by Crippen LogP contribution is -2.06. The molecular formula is C28H34F2N2O3. The molecule has 0 unspecified atom stereocenters. The number of aromatic nitrogens is 2. The van der Waals surface area contributed by atoms with Crippen LogP contribution in [0.2, 0.25) is 0 Å². The summed E-state index contributed by atoms with van der Waals surface area (Å²) in [6.07, 6.45) is 9.75. The van der Waals surface area contributed by atoms with Crippen LogP contribution in [0.3, 0.4) is 0 Å². The van der Waals surface area contributed by atoms with Crippen molar-refractivity contribution in [3.8, 4) is 18.6 Å². The molecule has 1 aromatic heterocycles. The molecule has 1 heterocycles. The lowest BCUT2D eigenvalue weighted by molar-refractivity contribution is 0.0696. The normalized spacial score (nSPS) is 10.3. The molecule has 0 bridgehead atoms. The van der Waals surface area contributed by atoms with Crippen molar-refractivity contribution in [1.29, 1.82) is 0 Å². The number of carbonyl (C=O) groups is 1. The summed E-state index contributed by atoms with van der Waals surface area (Å²) < 4.78 is 30.9. The van der Waals surface area contributed by atoms with Gasteiger partial charge in [0.2, 0.25) is 0 Å². The van der Waals surface area contributed by atoms with Crippen molar-refractivity contribution in [1.82, 2.24) is 9.55 Å². The summed E-state index contributed by atoms with van der Waals surface area (Å²) in [6, 6.07) is 12.7. The van der Waals surface area contributed by atoms with Crippen LogP contribution >= 0.6 is 0 Å². The fourth-order valence-electron chi connectivity index (χ4n) is 2.71. The predicted octanol–water partition coefficient (Wildman–Crippen LogP) is 7.30. The highest BCUT2D eigenvalue weighted by Crippen LogP contribution is 2.20. The maximum Gasteiger partial charge on any atom is 0.335 e. The summed E-state index contributed by atoms with van der Waals surface area (Å²) in [5.41, 5.74) is 3.59. The number of ether oxygens (including phenoxy) is 1. The third-order valence-corrected chi connectivity index (χ3v) is 4.54. The second-order valence-electron chi connectivity index (χ2n) is 7.24. The summed E-state index contributed by atoms with van der Waals surface area (Å²) in [5, 5.41) is 9.03. The molecule has 0 aliphatic rings. The van der Waals surface area contributed by atoms with Gasteiger partial charge in [0.15, 0.2) is 0 Å². The van der Waals surface area contributed by atoms with Crippen LogP contribution in [-0.2, 0) is 13.2 Å². The van der Waals surface area contributed by atoms with E-state index in [9.17, 15) is 13.6 Å². The van der Waals surface area contributed by atoms with Crippen molar-refractivity contribution in [2.45, 2.75) is 47.8 Å². The molecule has 0 spiro atoms. The Labute approximate surface area is 206 Å². The number of hydrogen-bond donors (Lipinski definition) is 1. The zero-order valence-corrected chi connectivity index (χ0v) is 21.0. The first-order valence-electron chi connectivity index (χ1n) is 10.9. The van der Waals surface area contributed by atoms with E-state index in [0.29, 0.717) is 12.4 Å². The van der Waals surface area contributed by atoms with Gasteiger partial charge >= 0.3 is 5.97 Å². The molecule has 0 saturated carbocycles. The van der Waals surface area contributed by atoms with Gasteiger partial charge in [0, 0.05) is 6.54 Å². The fraction of sp³-hybridized carbons (Fsp3) is 0.286. The molecule has 5 nitrogen and oxygen atoms in total. The van der Waals surface area contributed by atoms with Gasteiger partial charge in [-0.15, -0.1) is 19.4 Å². The van der Waals surface area contributed by atoms with Gasteiger partial charge < -0.3 is 14.4 Å². The van der Waals surface area contributed by atoms with Crippen LogP contribution in [0, 0.1) is 19.8 Å². The predicted molar refractivity (Wildman–Crippen MR) is 139 cm³/mol. The number of hydrogen-bond acceptors (Lipinski definition) is 3. The largest absolute Gasteiger partial charge is 0.486 e. The Balaban J connectivity index is 0.000000813. The van der Waals surface area contributed by atoms with Gasteiger partial charge in [-0.25, -0.2) is 18.6 Å². The van der Waals surface area contributed by atoms with E-state index in [-0.39, 0.29) is 11.1 Å². The number of halogens is 2. The topological polar surface area (TPSA) is 64.3 Å². The quantitative estimate of drug-likeness (QED) is 0.294. The van der Waals surface area contributed by atoms with E-state index in [0.717, 1.165) is 23.4 Å². The van der Waals surface area contributed by atoms with Crippen molar-refractivity contribution in [3.63, 3.8) is 0 Å². The van der Waals surface area contributed by atoms with E-state index < -0.39 is 18.5 Å². The van der Waals surface area contributed by atoms with E-state index in [1.807, 2.05) is 13.8 Å². The second kappa shape index (κ2) is 16.7. The average Bonchev–Trinajstić information content (AvgIpc) is 3.20. The van der Waals surface area contributed by atoms with E-state index in [1.54, 1.807) is 24.3 Å². The monoisotopic (exact) mass is 484 g/mol. The van der Waals surface area contributed by atoms with Crippen LogP contribution in [0.4, 0.5) is 8.78 Å². The summed E-state index contributed by atoms with van der Waals surface area (Å²) in [4.78, 5) is 15.6. The van der Waals surface area contributed by atoms with Gasteiger partial charge in [0.25, 0.3) is 0 Å². The Morgan fingerprint density at radius 1 is 1.23 bits per heavy atom. The fourth-order valence-corrected chi connectivity index (χ4v) is 2.71. The summed E-state index contributed by atoms with van der Waals surface area (Å²) in [6.45, 7) is 12.4. The van der Waals surface area contributed by atoms with Crippen LogP contribution in [0.1, 0.15) is 49.4 Å². The van der Waals surface area contributed by atoms with Crippen LogP contribution in [-0.4, -0.2) is 27.3 Å². The summed E-state index contributed by atoms with van der Waals surface area (Å²) in [5.74, 6) is -0.0289. The van der Waals surface area contributed by atoms with Crippen molar-refractivity contribution in [2.24, 2.45) is 0 Å². The zero-order chi connectivity index (χ0) is 27.0. The lowest BCUT2D eigenvalue weighted by atomic mass is 10.2. The molecule has 188 valence electrons. The molecular weight excluding hydrogens is 450 g/mol. The number of alkyl halides is 1.